The van der Waals surface area contributed by atoms with Crippen molar-refractivity contribution in [3.63, 3.8) is 0 Å². The molecule has 3 aromatic carbocycles. The number of benzene rings is 3. The molecule has 1 atom stereocenters. The van der Waals surface area contributed by atoms with Crippen molar-refractivity contribution in [2.75, 3.05) is 35.3 Å². The maximum Gasteiger partial charge on any atom is 0.255 e. The zero-order chi connectivity index (χ0) is 23.0. The molecule has 0 aliphatic carbocycles. The molecule has 0 N–H and O–H groups in total. The van der Waals surface area contributed by atoms with Crippen LogP contribution in [0, 0.1) is 20.8 Å². The molecule has 1 unspecified atom stereocenters. The van der Waals surface area contributed by atoms with E-state index in [0.717, 1.165) is 39.3 Å². The van der Waals surface area contributed by atoms with Crippen molar-refractivity contribution < 1.29 is 9.59 Å². The first-order valence-electron chi connectivity index (χ1n) is 10.8. The average Bonchev–Trinajstić information content (AvgIpc) is 2.77. The zero-order valence-electron chi connectivity index (χ0n) is 19.3. The van der Waals surface area contributed by atoms with Crippen LogP contribution in [0.25, 0.3) is 0 Å². The Bertz CT molecular complexity index is 1150. The maximum atomic E-state index is 13.9. The number of nitrogens with zero attached hydrogens (tertiary/aromatic N) is 3. The van der Waals surface area contributed by atoms with Crippen LogP contribution >= 0.6 is 0 Å². The van der Waals surface area contributed by atoms with Crippen LogP contribution in [0.15, 0.2) is 66.7 Å². The van der Waals surface area contributed by atoms with Gasteiger partial charge >= 0.3 is 0 Å². The smallest absolute Gasteiger partial charge is 0.255 e. The highest BCUT2D eigenvalue weighted by Gasteiger charge is 2.42. The quantitative estimate of drug-likeness (QED) is 0.601. The van der Waals surface area contributed by atoms with Crippen LogP contribution in [-0.4, -0.2) is 32.5 Å². The van der Waals surface area contributed by atoms with Crippen molar-refractivity contribution in [2.45, 2.75) is 26.8 Å². The van der Waals surface area contributed by atoms with Crippen LogP contribution in [0.2, 0.25) is 0 Å². The molecule has 5 heteroatoms. The first-order chi connectivity index (χ1) is 15.3. The lowest BCUT2D eigenvalue weighted by Gasteiger charge is -2.41. The van der Waals surface area contributed by atoms with Crippen molar-refractivity contribution in [2.24, 2.45) is 0 Å². The number of hydrogen-bond acceptors (Lipinski definition) is 3. The summed E-state index contributed by atoms with van der Waals surface area (Å²) < 4.78 is 0. The molecule has 0 spiro atoms. The molecule has 1 heterocycles. The highest BCUT2D eigenvalue weighted by Crippen LogP contribution is 2.37. The third-order valence-electron chi connectivity index (χ3n) is 6.02. The molecule has 3 aromatic rings. The van der Waals surface area contributed by atoms with E-state index in [9.17, 15) is 9.59 Å². The fourth-order valence-corrected chi connectivity index (χ4v) is 4.13. The summed E-state index contributed by atoms with van der Waals surface area (Å²) in [5.74, 6) is -0.201. The van der Waals surface area contributed by atoms with E-state index in [0.29, 0.717) is 0 Å². The van der Waals surface area contributed by atoms with E-state index in [1.165, 1.54) is 0 Å². The Labute approximate surface area is 189 Å². The summed E-state index contributed by atoms with van der Waals surface area (Å²) in [5, 5.41) is 0. The Kier molecular flexibility index (Phi) is 5.74. The van der Waals surface area contributed by atoms with Crippen LogP contribution in [0.4, 0.5) is 17.1 Å². The molecule has 0 radical (unpaired) electrons. The summed E-state index contributed by atoms with van der Waals surface area (Å²) in [6, 6.07) is 20.9. The van der Waals surface area contributed by atoms with E-state index >= 15 is 0 Å². The fraction of sp³-hybridized carbons (Fsp3) is 0.259. The molecule has 164 valence electrons. The Morgan fingerprint density at radius 1 is 0.812 bits per heavy atom. The van der Waals surface area contributed by atoms with Gasteiger partial charge in [0.2, 0.25) is 5.91 Å². The topological polar surface area (TPSA) is 43.9 Å². The second-order valence-electron chi connectivity index (χ2n) is 8.70. The summed E-state index contributed by atoms with van der Waals surface area (Å²) in [6.07, 6.45) is 0. The molecule has 5 nitrogen and oxygen atoms in total. The highest BCUT2D eigenvalue weighted by atomic mass is 16.2. The monoisotopic (exact) mass is 427 g/mol. The standard InChI is InChI=1S/C27H29N3O2/c1-18-7-12-23(13-8-18)29-17-25(31)30(24-16-19(2)6-9-20(24)3)26(27(29)32)21-10-14-22(15-11-21)28(4)5/h6-16,26H,17H2,1-5H3. The van der Waals surface area contributed by atoms with Gasteiger partial charge in [-0.1, -0.05) is 42.0 Å². The molecule has 2 amide bonds. The van der Waals surface area contributed by atoms with Gasteiger partial charge in [0, 0.05) is 31.2 Å². The van der Waals surface area contributed by atoms with Gasteiger partial charge in [-0.05, 0) is 67.8 Å². The summed E-state index contributed by atoms with van der Waals surface area (Å²) in [6.45, 7) is 6.00. The van der Waals surface area contributed by atoms with Gasteiger partial charge in [0.25, 0.3) is 5.91 Å². The predicted octanol–water partition coefficient (Wildman–Crippen LogP) is 4.80. The van der Waals surface area contributed by atoms with E-state index < -0.39 is 6.04 Å². The van der Waals surface area contributed by atoms with Crippen molar-refractivity contribution in [3.8, 4) is 0 Å². The second kappa shape index (κ2) is 8.50. The fourth-order valence-electron chi connectivity index (χ4n) is 4.13. The first kappa shape index (κ1) is 21.6. The molecular weight excluding hydrogens is 398 g/mol. The number of carbonyl (C=O) groups is 2. The highest BCUT2D eigenvalue weighted by molar-refractivity contribution is 6.14. The number of anilines is 3. The van der Waals surface area contributed by atoms with Gasteiger partial charge in [-0.25, -0.2) is 0 Å². The van der Waals surface area contributed by atoms with Crippen LogP contribution in [0.1, 0.15) is 28.3 Å². The number of hydrogen-bond donors (Lipinski definition) is 0. The number of carbonyl (C=O) groups excluding carboxylic acids is 2. The van der Waals surface area contributed by atoms with E-state index in [-0.39, 0.29) is 18.4 Å². The second-order valence-corrected chi connectivity index (χ2v) is 8.70. The zero-order valence-corrected chi connectivity index (χ0v) is 19.3. The summed E-state index contributed by atoms with van der Waals surface area (Å²) >= 11 is 0. The minimum Gasteiger partial charge on any atom is -0.378 e. The normalized spacial score (nSPS) is 16.5. The molecule has 1 saturated heterocycles. The minimum absolute atomic E-state index is 0.0154. The molecule has 1 fully saturated rings. The van der Waals surface area contributed by atoms with Crippen molar-refractivity contribution >= 4 is 28.9 Å². The predicted molar refractivity (Wildman–Crippen MR) is 130 cm³/mol. The van der Waals surface area contributed by atoms with Crippen molar-refractivity contribution in [1.29, 1.82) is 0 Å². The van der Waals surface area contributed by atoms with Crippen molar-refractivity contribution in [3.05, 3.63) is 89.0 Å². The van der Waals surface area contributed by atoms with E-state index in [1.54, 1.807) is 9.80 Å². The van der Waals surface area contributed by atoms with E-state index in [2.05, 4.69) is 0 Å². The SMILES string of the molecule is Cc1ccc(N2CC(=O)N(c3cc(C)ccc3C)C(c3ccc(N(C)C)cc3)C2=O)cc1. The molecule has 4 rings (SSSR count). The minimum atomic E-state index is -0.728. The molecular formula is C27H29N3O2. The molecule has 0 bridgehead atoms. The van der Waals surface area contributed by atoms with Gasteiger partial charge in [0.1, 0.15) is 12.6 Å². The van der Waals surface area contributed by atoms with Crippen LogP contribution in [-0.2, 0) is 9.59 Å². The Balaban J connectivity index is 1.83. The van der Waals surface area contributed by atoms with E-state index in [4.69, 9.17) is 0 Å². The van der Waals surface area contributed by atoms with Crippen LogP contribution in [0.3, 0.4) is 0 Å². The van der Waals surface area contributed by atoms with Gasteiger partial charge in [-0.15, -0.1) is 0 Å². The van der Waals surface area contributed by atoms with Gasteiger partial charge in [-0.3, -0.25) is 14.5 Å². The molecule has 0 saturated carbocycles. The Morgan fingerprint density at radius 2 is 1.44 bits per heavy atom. The average molecular weight is 428 g/mol. The largest absolute Gasteiger partial charge is 0.378 e. The van der Waals surface area contributed by atoms with E-state index in [1.807, 2.05) is 106 Å². The Hall–Kier alpha value is -3.60. The lowest BCUT2D eigenvalue weighted by molar-refractivity contribution is -0.128. The number of rotatable bonds is 4. The van der Waals surface area contributed by atoms with Gasteiger partial charge in [0.05, 0.1) is 0 Å². The molecule has 1 aliphatic rings. The Morgan fingerprint density at radius 3 is 2.06 bits per heavy atom. The summed E-state index contributed by atoms with van der Waals surface area (Å²) in [7, 11) is 3.96. The number of aryl methyl sites for hydroxylation is 3. The molecule has 1 aliphatic heterocycles. The maximum absolute atomic E-state index is 13.9. The van der Waals surface area contributed by atoms with Gasteiger partial charge in [-0.2, -0.15) is 0 Å². The lowest BCUT2D eigenvalue weighted by Crippen LogP contribution is -2.56. The summed E-state index contributed by atoms with van der Waals surface area (Å²) in [5.41, 5.74) is 6.49. The number of piperazine rings is 1. The molecule has 0 aromatic heterocycles. The van der Waals surface area contributed by atoms with Crippen LogP contribution in [0.5, 0.6) is 0 Å². The lowest BCUT2D eigenvalue weighted by atomic mass is 9.97. The third kappa shape index (κ3) is 3.98. The third-order valence-corrected chi connectivity index (χ3v) is 6.02. The first-order valence-corrected chi connectivity index (χ1v) is 10.8. The number of amides is 2. The van der Waals surface area contributed by atoms with Gasteiger partial charge < -0.3 is 9.80 Å². The van der Waals surface area contributed by atoms with Crippen molar-refractivity contribution in [1.82, 2.24) is 0 Å². The van der Waals surface area contributed by atoms with Crippen LogP contribution < -0.4 is 14.7 Å². The summed E-state index contributed by atoms with van der Waals surface area (Å²) in [4.78, 5) is 32.7. The molecule has 32 heavy (non-hydrogen) atoms. The van der Waals surface area contributed by atoms with Gasteiger partial charge in [0.15, 0.2) is 0 Å².